The van der Waals surface area contributed by atoms with Crippen LogP contribution in [0.5, 0.6) is 0 Å². The van der Waals surface area contributed by atoms with Crippen LogP contribution in [0.3, 0.4) is 0 Å². The Morgan fingerprint density at radius 1 is 1.45 bits per heavy atom. The van der Waals surface area contributed by atoms with Gasteiger partial charge < -0.3 is 10.1 Å². The Bertz CT molecular complexity index is 439. The summed E-state index contributed by atoms with van der Waals surface area (Å²) in [4.78, 5) is 0. The smallest absolute Gasteiger partial charge is 0.0738 e. The highest BCUT2D eigenvalue weighted by atomic mass is 79.9. The van der Waals surface area contributed by atoms with E-state index in [1.54, 1.807) is 0 Å². The van der Waals surface area contributed by atoms with Gasteiger partial charge in [-0.25, -0.2) is 0 Å². The quantitative estimate of drug-likeness (QED) is 0.773. The molecule has 0 bridgehead atoms. The number of hydrogen-bond acceptors (Lipinski definition) is 3. The first-order valence-electron chi connectivity index (χ1n) is 7.62. The van der Waals surface area contributed by atoms with Crippen molar-refractivity contribution in [2.24, 2.45) is 5.41 Å². The van der Waals surface area contributed by atoms with Crippen LogP contribution in [0.15, 0.2) is 4.47 Å². The molecule has 0 aliphatic carbocycles. The summed E-state index contributed by atoms with van der Waals surface area (Å²) in [6.45, 7) is 11.2. The number of halogens is 1. The van der Waals surface area contributed by atoms with E-state index in [4.69, 9.17) is 4.74 Å². The first-order chi connectivity index (χ1) is 9.62. The Kier molecular flexibility index (Phi) is 5.64. The summed E-state index contributed by atoms with van der Waals surface area (Å²) in [5.41, 5.74) is 2.61. The maximum Gasteiger partial charge on any atom is 0.0738 e. The molecule has 1 saturated heterocycles. The Balaban J connectivity index is 2.15. The maximum atomic E-state index is 5.70. The fraction of sp³-hybridized carbons (Fsp3) is 0.800. The molecule has 2 heterocycles. The van der Waals surface area contributed by atoms with Crippen molar-refractivity contribution in [3.05, 3.63) is 15.9 Å². The number of ether oxygens (including phenoxy) is 1. The molecule has 1 fully saturated rings. The van der Waals surface area contributed by atoms with Crippen molar-refractivity contribution in [3.8, 4) is 0 Å². The molecule has 0 spiro atoms. The zero-order valence-electron chi connectivity index (χ0n) is 12.8. The molecule has 1 aromatic heterocycles. The molecule has 4 nitrogen and oxygen atoms in total. The molecule has 1 atom stereocenters. The van der Waals surface area contributed by atoms with Gasteiger partial charge in [0.1, 0.15) is 0 Å². The van der Waals surface area contributed by atoms with Gasteiger partial charge in [0.2, 0.25) is 0 Å². The highest BCUT2D eigenvalue weighted by molar-refractivity contribution is 9.10. The summed E-state index contributed by atoms with van der Waals surface area (Å²) in [6, 6.07) is 0. The second-order valence-electron chi connectivity index (χ2n) is 5.82. The Morgan fingerprint density at radius 3 is 2.85 bits per heavy atom. The average molecular weight is 344 g/mol. The molecule has 0 aromatic carbocycles. The second kappa shape index (κ2) is 7.05. The van der Waals surface area contributed by atoms with Crippen LogP contribution in [-0.2, 0) is 17.7 Å². The van der Waals surface area contributed by atoms with E-state index in [-0.39, 0.29) is 5.41 Å². The molecule has 0 amide bonds. The minimum Gasteiger partial charge on any atom is -0.381 e. The van der Waals surface area contributed by atoms with E-state index < -0.39 is 0 Å². The van der Waals surface area contributed by atoms with Crippen LogP contribution in [0.1, 0.15) is 38.1 Å². The van der Waals surface area contributed by atoms with Crippen molar-refractivity contribution < 1.29 is 4.74 Å². The molecule has 114 valence electrons. The summed E-state index contributed by atoms with van der Waals surface area (Å²) in [6.07, 6.45) is 3.33. The van der Waals surface area contributed by atoms with Crippen LogP contribution in [-0.4, -0.2) is 36.1 Å². The second-order valence-corrected chi connectivity index (χ2v) is 6.61. The van der Waals surface area contributed by atoms with Gasteiger partial charge in [0, 0.05) is 25.1 Å². The normalized spacial score (nSPS) is 22.6. The number of nitrogens with zero attached hydrogens (tertiary/aromatic N) is 2. The minimum absolute atomic E-state index is 0.219. The van der Waals surface area contributed by atoms with Gasteiger partial charge in [-0.1, -0.05) is 6.92 Å². The zero-order chi connectivity index (χ0) is 14.6. The largest absolute Gasteiger partial charge is 0.381 e. The van der Waals surface area contributed by atoms with Crippen molar-refractivity contribution >= 4 is 15.9 Å². The van der Waals surface area contributed by atoms with E-state index >= 15 is 0 Å². The molecule has 20 heavy (non-hydrogen) atoms. The SMILES string of the molecule is CCCNCC1(Cc2c(Br)c(C)nn2CC)CCOC1. The Labute approximate surface area is 130 Å². The zero-order valence-corrected chi connectivity index (χ0v) is 14.4. The molecule has 5 heteroatoms. The fourth-order valence-corrected chi connectivity index (χ4v) is 3.34. The number of aryl methyl sites for hydroxylation is 2. The van der Waals surface area contributed by atoms with Gasteiger partial charge in [-0.15, -0.1) is 0 Å². The summed E-state index contributed by atoms with van der Waals surface area (Å²) in [7, 11) is 0. The highest BCUT2D eigenvalue weighted by Gasteiger charge is 2.36. The van der Waals surface area contributed by atoms with Crippen molar-refractivity contribution in [1.29, 1.82) is 0 Å². The van der Waals surface area contributed by atoms with Crippen molar-refractivity contribution in [3.63, 3.8) is 0 Å². The molecule has 1 aliphatic rings. The van der Waals surface area contributed by atoms with E-state index in [0.29, 0.717) is 0 Å². The van der Waals surface area contributed by atoms with E-state index in [9.17, 15) is 0 Å². The maximum absolute atomic E-state index is 5.70. The molecule has 1 aromatic rings. The lowest BCUT2D eigenvalue weighted by Gasteiger charge is -2.28. The first kappa shape index (κ1) is 16.0. The van der Waals surface area contributed by atoms with Crippen LogP contribution >= 0.6 is 15.9 Å². The molecular formula is C15H26BrN3O. The van der Waals surface area contributed by atoms with Crippen LogP contribution in [0.4, 0.5) is 0 Å². The lowest BCUT2D eigenvalue weighted by atomic mass is 9.82. The van der Waals surface area contributed by atoms with Gasteiger partial charge in [-0.05, 0) is 55.6 Å². The third-order valence-electron chi connectivity index (χ3n) is 4.11. The minimum atomic E-state index is 0.219. The molecule has 2 rings (SSSR count). The third-order valence-corrected chi connectivity index (χ3v) is 5.14. The number of nitrogens with one attached hydrogen (secondary N) is 1. The van der Waals surface area contributed by atoms with Gasteiger partial charge in [0.25, 0.3) is 0 Å². The van der Waals surface area contributed by atoms with E-state index in [2.05, 4.69) is 51.8 Å². The van der Waals surface area contributed by atoms with Crippen LogP contribution in [0.25, 0.3) is 0 Å². The van der Waals surface area contributed by atoms with E-state index in [0.717, 1.165) is 51.4 Å². The summed E-state index contributed by atoms with van der Waals surface area (Å²) in [5, 5.41) is 8.18. The van der Waals surface area contributed by atoms with E-state index in [1.165, 1.54) is 16.6 Å². The van der Waals surface area contributed by atoms with Crippen LogP contribution in [0.2, 0.25) is 0 Å². The van der Waals surface area contributed by atoms with Gasteiger partial charge in [0.05, 0.1) is 22.5 Å². The van der Waals surface area contributed by atoms with Crippen molar-refractivity contribution in [1.82, 2.24) is 15.1 Å². The molecule has 0 radical (unpaired) electrons. The predicted molar refractivity (Wildman–Crippen MR) is 85.1 cm³/mol. The standard InChI is InChI=1S/C15H26BrN3O/c1-4-7-17-10-15(6-8-20-11-15)9-13-14(16)12(3)18-19(13)5-2/h17H,4-11H2,1-3H3. The average Bonchev–Trinajstić information content (AvgIpc) is 3.00. The first-order valence-corrected chi connectivity index (χ1v) is 8.41. The third kappa shape index (κ3) is 3.43. The number of hydrogen-bond donors (Lipinski definition) is 1. The van der Waals surface area contributed by atoms with Gasteiger partial charge in [-0.3, -0.25) is 4.68 Å². The van der Waals surface area contributed by atoms with Crippen molar-refractivity contribution in [2.75, 3.05) is 26.3 Å². The van der Waals surface area contributed by atoms with Crippen LogP contribution in [0, 0.1) is 12.3 Å². The lowest BCUT2D eigenvalue weighted by Crippen LogP contribution is -2.37. The van der Waals surface area contributed by atoms with Crippen molar-refractivity contribution in [2.45, 2.75) is 46.6 Å². The molecule has 1 N–H and O–H groups in total. The monoisotopic (exact) mass is 343 g/mol. The molecule has 1 unspecified atom stereocenters. The van der Waals surface area contributed by atoms with E-state index in [1.807, 2.05) is 0 Å². The molecule has 1 aliphatic heterocycles. The number of rotatable bonds is 7. The highest BCUT2D eigenvalue weighted by Crippen LogP contribution is 2.35. The summed E-state index contributed by atoms with van der Waals surface area (Å²) < 4.78 is 8.99. The molecular weight excluding hydrogens is 318 g/mol. The Morgan fingerprint density at radius 2 is 2.25 bits per heavy atom. The predicted octanol–water partition coefficient (Wildman–Crippen LogP) is 2.92. The van der Waals surface area contributed by atoms with Gasteiger partial charge in [-0.2, -0.15) is 5.10 Å². The van der Waals surface area contributed by atoms with Gasteiger partial charge in [0.15, 0.2) is 0 Å². The topological polar surface area (TPSA) is 39.1 Å². The van der Waals surface area contributed by atoms with Crippen LogP contribution < -0.4 is 5.32 Å². The van der Waals surface area contributed by atoms with Gasteiger partial charge >= 0.3 is 0 Å². The Hall–Kier alpha value is -0.390. The summed E-state index contributed by atoms with van der Waals surface area (Å²) >= 11 is 3.71. The summed E-state index contributed by atoms with van der Waals surface area (Å²) in [5.74, 6) is 0. The molecule has 0 saturated carbocycles. The fourth-order valence-electron chi connectivity index (χ4n) is 2.91. The number of aromatic nitrogens is 2. The lowest BCUT2D eigenvalue weighted by molar-refractivity contribution is 0.148.